The van der Waals surface area contributed by atoms with Crippen molar-refractivity contribution >= 4 is 23.5 Å². The Morgan fingerprint density at radius 2 is 2.10 bits per heavy atom. The van der Waals surface area contributed by atoms with Crippen molar-refractivity contribution in [2.75, 3.05) is 6.79 Å². The molecular weight excluding hydrogens is 284 g/mol. The first-order valence-electron chi connectivity index (χ1n) is 6.10. The van der Waals surface area contributed by atoms with Gasteiger partial charge in [0.2, 0.25) is 6.79 Å². The molecule has 6 nitrogen and oxygen atoms in total. The maximum Gasteiger partial charge on any atom is 0.325 e. The Kier molecular flexibility index (Phi) is 2.79. The van der Waals surface area contributed by atoms with Gasteiger partial charge in [0, 0.05) is 0 Å². The van der Waals surface area contributed by atoms with Crippen LogP contribution in [0.4, 0.5) is 4.79 Å². The van der Waals surface area contributed by atoms with E-state index in [9.17, 15) is 9.59 Å². The monoisotopic (exact) mass is 296 g/mol. The van der Waals surface area contributed by atoms with Crippen LogP contribution < -0.4 is 14.8 Å². The third-order valence-corrected chi connectivity index (χ3v) is 3.55. The van der Waals surface area contributed by atoms with Gasteiger partial charge >= 0.3 is 6.03 Å². The van der Waals surface area contributed by atoms with Gasteiger partial charge in [-0.25, -0.2) is 4.79 Å². The Bertz CT molecular complexity index is 615. The summed E-state index contributed by atoms with van der Waals surface area (Å²) in [7, 11) is 0. The Morgan fingerprint density at radius 1 is 1.35 bits per heavy atom. The quantitative estimate of drug-likeness (QED) is 0.846. The van der Waals surface area contributed by atoms with E-state index in [0.29, 0.717) is 22.1 Å². The number of benzene rings is 1. The molecule has 1 aromatic carbocycles. The van der Waals surface area contributed by atoms with Gasteiger partial charge < -0.3 is 14.8 Å². The highest BCUT2D eigenvalue weighted by Crippen LogP contribution is 2.40. The van der Waals surface area contributed by atoms with Crippen LogP contribution in [0.15, 0.2) is 12.1 Å². The molecule has 1 fully saturated rings. The number of hydrogen-bond acceptors (Lipinski definition) is 4. The van der Waals surface area contributed by atoms with E-state index in [2.05, 4.69) is 5.32 Å². The molecule has 3 rings (SSSR count). The Labute approximate surface area is 120 Å². The van der Waals surface area contributed by atoms with Crippen molar-refractivity contribution in [3.63, 3.8) is 0 Å². The van der Waals surface area contributed by atoms with Gasteiger partial charge in [0.25, 0.3) is 5.91 Å². The topological polar surface area (TPSA) is 67.9 Å². The van der Waals surface area contributed by atoms with Crippen molar-refractivity contribution in [1.82, 2.24) is 10.2 Å². The highest BCUT2D eigenvalue weighted by Gasteiger charge is 2.44. The molecule has 1 N–H and O–H groups in total. The number of rotatable bonds is 2. The number of carbonyl (C=O) groups is 2. The Hall–Kier alpha value is -1.95. The number of urea groups is 1. The summed E-state index contributed by atoms with van der Waals surface area (Å²) in [6.45, 7) is 3.60. The molecule has 1 aromatic rings. The van der Waals surface area contributed by atoms with Gasteiger partial charge in [0.1, 0.15) is 5.54 Å². The van der Waals surface area contributed by atoms with Gasteiger partial charge in [0.15, 0.2) is 11.5 Å². The highest BCUT2D eigenvalue weighted by atomic mass is 35.5. The number of halogens is 1. The lowest BCUT2D eigenvalue weighted by atomic mass is 10.1. The third-order valence-electron chi connectivity index (χ3n) is 3.27. The number of imide groups is 1. The van der Waals surface area contributed by atoms with Gasteiger partial charge in [0.05, 0.1) is 11.6 Å². The van der Waals surface area contributed by atoms with E-state index in [1.54, 1.807) is 26.0 Å². The number of amides is 3. The van der Waals surface area contributed by atoms with Crippen molar-refractivity contribution in [3.05, 3.63) is 22.7 Å². The molecular formula is C13H13ClN2O4. The zero-order chi connectivity index (χ0) is 14.5. The molecule has 0 radical (unpaired) electrons. The minimum absolute atomic E-state index is 0.120. The summed E-state index contributed by atoms with van der Waals surface area (Å²) in [5.41, 5.74) is -0.169. The predicted octanol–water partition coefficient (Wildman–Crippen LogP) is 1.90. The van der Waals surface area contributed by atoms with Crippen molar-refractivity contribution in [1.29, 1.82) is 0 Å². The maximum atomic E-state index is 12.1. The van der Waals surface area contributed by atoms with Crippen LogP contribution >= 0.6 is 11.6 Å². The standard InChI is InChI=1S/C13H13ClN2O4/c1-13(2)11(17)16(12(18)15-13)5-7-3-8(14)10-9(4-7)19-6-20-10/h3-4H,5-6H2,1-2H3,(H,15,18). The second-order valence-corrected chi connectivity index (χ2v) is 5.67. The predicted molar refractivity (Wildman–Crippen MR) is 70.7 cm³/mol. The van der Waals surface area contributed by atoms with E-state index in [1.165, 1.54) is 0 Å². The highest BCUT2D eigenvalue weighted by molar-refractivity contribution is 6.32. The normalized spacial score (nSPS) is 19.4. The molecule has 2 heterocycles. The molecule has 1 saturated heterocycles. The zero-order valence-corrected chi connectivity index (χ0v) is 11.8. The van der Waals surface area contributed by atoms with Crippen LogP contribution in [0.3, 0.4) is 0 Å². The van der Waals surface area contributed by atoms with Crippen LogP contribution in [0.1, 0.15) is 19.4 Å². The van der Waals surface area contributed by atoms with Crippen LogP contribution in [0.25, 0.3) is 0 Å². The first-order chi connectivity index (χ1) is 9.38. The lowest BCUT2D eigenvalue weighted by Gasteiger charge is -2.16. The summed E-state index contributed by atoms with van der Waals surface area (Å²) in [5.74, 6) is 0.753. The Balaban J connectivity index is 1.87. The van der Waals surface area contributed by atoms with E-state index >= 15 is 0 Å². The van der Waals surface area contributed by atoms with E-state index in [1.807, 2.05) is 0 Å². The molecule has 7 heteroatoms. The molecule has 20 heavy (non-hydrogen) atoms. The molecule has 0 spiro atoms. The van der Waals surface area contributed by atoms with Gasteiger partial charge in [-0.1, -0.05) is 11.6 Å². The SMILES string of the molecule is CC1(C)NC(=O)N(Cc2cc(Cl)c3c(c2)OCO3)C1=O. The van der Waals surface area contributed by atoms with Crippen LogP contribution in [0.2, 0.25) is 5.02 Å². The largest absolute Gasteiger partial charge is 0.454 e. The van der Waals surface area contributed by atoms with E-state index in [4.69, 9.17) is 21.1 Å². The molecule has 2 aliphatic heterocycles. The fraction of sp³-hybridized carbons (Fsp3) is 0.385. The third kappa shape index (κ3) is 1.96. The lowest BCUT2D eigenvalue weighted by Crippen LogP contribution is -2.40. The van der Waals surface area contributed by atoms with Gasteiger partial charge in [-0.05, 0) is 31.5 Å². The van der Waals surface area contributed by atoms with Crippen molar-refractivity contribution in [2.45, 2.75) is 25.9 Å². The second-order valence-electron chi connectivity index (χ2n) is 5.26. The van der Waals surface area contributed by atoms with Crippen molar-refractivity contribution < 1.29 is 19.1 Å². The second kappa shape index (κ2) is 4.28. The zero-order valence-electron chi connectivity index (χ0n) is 11.0. The maximum absolute atomic E-state index is 12.1. The van der Waals surface area contributed by atoms with Crippen molar-refractivity contribution in [2.24, 2.45) is 0 Å². The van der Waals surface area contributed by atoms with Gasteiger partial charge in [-0.3, -0.25) is 9.69 Å². The molecule has 0 unspecified atom stereocenters. The van der Waals surface area contributed by atoms with E-state index in [0.717, 1.165) is 4.90 Å². The van der Waals surface area contributed by atoms with Gasteiger partial charge in [-0.15, -0.1) is 0 Å². The van der Waals surface area contributed by atoms with Crippen LogP contribution in [0, 0.1) is 0 Å². The summed E-state index contributed by atoms with van der Waals surface area (Å²) in [6.07, 6.45) is 0. The summed E-state index contributed by atoms with van der Waals surface area (Å²) < 4.78 is 10.5. The summed E-state index contributed by atoms with van der Waals surface area (Å²) in [5, 5.41) is 3.03. The lowest BCUT2D eigenvalue weighted by molar-refractivity contribution is -0.130. The summed E-state index contributed by atoms with van der Waals surface area (Å²) in [4.78, 5) is 25.1. The number of hydrogen-bond donors (Lipinski definition) is 1. The van der Waals surface area contributed by atoms with Crippen molar-refractivity contribution in [3.8, 4) is 11.5 Å². The average molecular weight is 297 g/mol. The molecule has 2 aliphatic rings. The first kappa shape index (κ1) is 13.1. The number of carbonyl (C=O) groups excluding carboxylic acids is 2. The molecule has 0 aliphatic carbocycles. The molecule has 0 saturated carbocycles. The fourth-order valence-electron chi connectivity index (χ4n) is 2.26. The number of ether oxygens (including phenoxy) is 2. The molecule has 0 atom stereocenters. The first-order valence-corrected chi connectivity index (χ1v) is 6.48. The minimum atomic E-state index is -0.878. The fourth-order valence-corrected chi connectivity index (χ4v) is 2.54. The smallest absolute Gasteiger partial charge is 0.325 e. The van der Waals surface area contributed by atoms with E-state index < -0.39 is 11.6 Å². The minimum Gasteiger partial charge on any atom is -0.454 e. The molecule has 3 amide bonds. The van der Waals surface area contributed by atoms with Gasteiger partial charge in [-0.2, -0.15) is 0 Å². The molecule has 106 valence electrons. The number of fused-ring (bicyclic) bond motifs is 1. The molecule has 0 aromatic heterocycles. The summed E-state index contributed by atoms with van der Waals surface area (Å²) >= 11 is 6.08. The van der Waals surface area contributed by atoms with E-state index in [-0.39, 0.29) is 19.2 Å². The van der Waals surface area contributed by atoms with Crippen LogP contribution in [0.5, 0.6) is 11.5 Å². The summed E-state index contributed by atoms with van der Waals surface area (Å²) in [6, 6.07) is 2.98. The molecule has 0 bridgehead atoms. The number of nitrogens with one attached hydrogen (secondary N) is 1. The average Bonchev–Trinajstić information content (AvgIpc) is 2.89. The Morgan fingerprint density at radius 3 is 2.75 bits per heavy atom. The van der Waals surface area contributed by atoms with Crippen LogP contribution in [-0.2, 0) is 11.3 Å². The van der Waals surface area contributed by atoms with Crippen LogP contribution in [-0.4, -0.2) is 29.2 Å². The number of nitrogens with zero attached hydrogens (tertiary/aromatic N) is 1.